The van der Waals surface area contributed by atoms with Crippen LogP contribution in [0.15, 0.2) is 0 Å². The summed E-state index contributed by atoms with van der Waals surface area (Å²) in [6.45, 7) is 3.29. The highest BCUT2D eigenvalue weighted by Gasteiger charge is 2.36. The van der Waals surface area contributed by atoms with E-state index in [9.17, 15) is 14.4 Å². The number of amides is 3. The molecule has 0 radical (unpaired) electrons. The number of rotatable bonds is 3. The summed E-state index contributed by atoms with van der Waals surface area (Å²) >= 11 is 0. The average molecular weight is 269 g/mol. The number of carbonyl (C=O) groups is 3. The number of carbonyl (C=O) groups excluding carboxylic acids is 2. The quantitative estimate of drug-likeness (QED) is 0.746. The summed E-state index contributed by atoms with van der Waals surface area (Å²) in [5.41, 5.74) is 0. The summed E-state index contributed by atoms with van der Waals surface area (Å²) in [5.74, 6) is -0.761. The summed E-state index contributed by atoms with van der Waals surface area (Å²) in [6, 6.07) is -0.511. The molecular formula is C12H19N3O4. The van der Waals surface area contributed by atoms with Crippen LogP contribution < -0.4 is 5.32 Å². The average Bonchev–Trinajstić information content (AvgIpc) is 2.69. The highest BCUT2D eigenvalue weighted by molar-refractivity contribution is 5.80. The lowest BCUT2D eigenvalue weighted by molar-refractivity contribution is -0.137. The molecule has 0 bridgehead atoms. The van der Waals surface area contributed by atoms with Crippen LogP contribution in [0.3, 0.4) is 0 Å². The number of nitrogens with one attached hydrogen (secondary N) is 1. The fraction of sp³-hybridized carbons (Fsp3) is 0.750. The summed E-state index contributed by atoms with van der Waals surface area (Å²) in [6.07, 6.45) is 1.27. The van der Waals surface area contributed by atoms with Crippen molar-refractivity contribution < 1.29 is 19.5 Å². The number of nitrogens with zero attached hydrogens (tertiary/aromatic N) is 2. The van der Waals surface area contributed by atoms with Gasteiger partial charge in [-0.25, -0.2) is 4.79 Å². The van der Waals surface area contributed by atoms with Gasteiger partial charge in [0.25, 0.3) is 0 Å². The number of carboxylic acids is 1. The van der Waals surface area contributed by atoms with Crippen molar-refractivity contribution in [3.63, 3.8) is 0 Å². The van der Waals surface area contributed by atoms with Crippen LogP contribution in [-0.4, -0.2) is 64.5 Å². The van der Waals surface area contributed by atoms with Gasteiger partial charge in [0.1, 0.15) is 0 Å². The third kappa shape index (κ3) is 3.15. The number of carboxylic acid groups (broad SMARTS) is 1. The highest BCUT2D eigenvalue weighted by Crippen LogP contribution is 2.22. The molecule has 2 fully saturated rings. The van der Waals surface area contributed by atoms with Crippen LogP contribution in [0.5, 0.6) is 0 Å². The number of fused-ring (bicyclic) bond motifs is 1. The van der Waals surface area contributed by atoms with Gasteiger partial charge in [0, 0.05) is 38.1 Å². The second-order valence-electron chi connectivity index (χ2n) is 5.17. The second-order valence-corrected chi connectivity index (χ2v) is 5.17. The van der Waals surface area contributed by atoms with E-state index >= 15 is 0 Å². The Bertz CT molecular complexity index is 398. The van der Waals surface area contributed by atoms with Crippen molar-refractivity contribution in [1.82, 2.24) is 15.1 Å². The van der Waals surface area contributed by atoms with Crippen LogP contribution in [-0.2, 0) is 9.59 Å². The zero-order chi connectivity index (χ0) is 14.0. The normalized spacial score (nSPS) is 24.1. The van der Waals surface area contributed by atoms with Crippen LogP contribution in [0.2, 0.25) is 0 Å². The van der Waals surface area contributed by atoms with Gasteiger partial charge in [-0.15, -0.1) is 0 Å². The molecule has 0 aromatic rings. The predicted molar refractivity (Wildman–Crippen MR) is 66.6 cm³/mol. The van der Waals surface area contributed by atoms with E-state index in [1.807, 2.05) is 4.90 Å². The van der Waals surface area contributed by atoms with E-state index in [2.05, 4.69) is 5.32 Å². The Morgan fingerprint density at radius 3 is 2.89 bits per heavy atom. The van der Waals surface area contributed by atoms with Gasteiger partial charge in [0.05, 0.1) is 6.42 Å². The first-order valence-corrected chi connectivity index (χ1v) is 6.54. The summed E-state index contributed by atoms with van der Waals surface area (Å²) in [5, 5.41) is 11.3. The number of hydrogen-bond donors (Lipinski definition) is 2. The van der Waals surface area contributed by atoms with Gasteiger partial charge in [0.2, 0.25) is 5.91 Å². The maximum absolute atomic E-state index is 12.0. The maximum atomic E-state index is 12.0. The Labute approximate surface area is 111 Å². The zero-order valence-electron chi connectivity index (χ0n) is 11.0. The van der Waals surface area contributed by atoms with Gasteiger partial charge < -0.3 is 20.2 Å². The van der Waals surface area contributed by atoms with Gasteiger partial charge >= 0.3 is 12.0 Å². The van der Waals surface area contributed by atoms with E-state index in [-0.39, 0.29) is 24.4 Å². The first kappa shape index (κ1) is 13.6. The standard InChI is InChI=1S/C12H19N3O4/c1-8(6-11(17)18)13-12(19)14-4-5-15-9(7-14)2-3-10(15)16/h8-9H,2-7H2,1H3,(H,13,19)(H,17,18). The lowest BCUT2D eigenvalue weighted by atomic mass is 10.1. The molecule has 3 amide bonds. The Balaban J connectivity index is 1.84. The molecule has 0 saturated carbocycles. The molecule has 106 valence electrons. The molecule has 2 N–H and O–H groups in total. The van der Waals surface area contributed by atoms with Crippen LogP contribution in [0, 0.1) is 0 Å². The minimum atomic E-state index is -0.931. The highest BCUT2D eigenvalue weighted by atomic mass is 16.4. The van der Waals surface area contributed by atoms with Crippen molar-refractivity contribution in [2.24, 2.45) is 0 Å². The minimum absolute atomic E-state index is 0.0897. The molecule has 19 heavy (non-hydrogen) atoms. The van der Waals surface area contributed by atoms with Crippen molar-refractivity contribution >= 4 is 17.9 Å². The first-order valence-electron chi connectivity index (χ1n) is 6.54. The fourth-order valence-corrected chi connectivity index (χ4v) is 2.66. The smallest absolute Gasteiger partial charge is 0.317 e. The lowest BCUT2D eigenvalue weighted by Crippen LogP contribution is -2.56. The molecule has 0 aliphatic carbocycles. The van der Waals surface area contributed by atoms with Gasteiger partial charge in [-0.1, -0.05) is 0 Å². The Morgan fingerprint density at radius 2 is 2.21 bits per heavy atom. The second kappa shape index (κ2) is 5.46. The van der Waals surface area contributed by atoms with Crippen LogP contribution in [0.1, 0.15) is 26.2 Å². The molecule has 0 aromatic carbocycles. The SMILES string of the molecule is CC(CC(=O)O)NC(=O)N1CCN2C(=O)CCC2C1. The Morgan fingerprint density at radius 1 is 1.47 bits per heavy atom. The zero-order valence-corrected chi connectivity index (χ0v) is 11.0. The Hall–Kier alpha value is -1.79. The van der Waals surface area contributed by atoms with Crippen molar-refractivity contribution in [3.8, 4) is 0 Å². The van der Waals surface area contributed by atoms with E-state index in [1.165, 1.54) is 0 Å². The van der Waals surface area contributed by atoms with Crippen molar-refractivity contribution in [1.29, 1.82) is 0 Å². The number of hydrogen-bond acceptors (Lipinski definition) is 3. The third-order valence-electron chi connectivity index (χ3n) is 3.63. The molecule has 2 unspecified atom stereocenters. The van der Waals surface area contributed by atoms with Gasteiger partial charge in [-0.05, 0) is 13.3 Å². The summed E-state index contributed by atoms with van der Waals surface area (Å²) in [7, 11) is 0. The summed E-state index contributed by atoms with van der Waals surface area (Å²) < 4.78 is 0. The number of piperazine rings is 1. The first-order chi connectivity index (χ1) is 8.97. The van der Waals surface area contributed by atoms with E-state index in [0.717, 1.165) is 6.42 Å². The number of urea groups is 1. The molecule has 7 heteroatoms. The van der Waals surface area contributed by atoms with Crippen molar-refractivity contribution in [3.05, 3.63) is 0 Å². The molecule has 2 aliphatic rings. The van der Waals surface area contributed by atoms with Crippen LogP contribution >= 0.6 is 0 Å². The molecule has 2 rings (SSSR count). The number of aliphatic carboxylic acids is 1. The van der Waals surface area contributed by atoms with Crippen LogP contribution in [0.25, 0.3) is 0 Å². The Kier molecular flexibility index (Phi) is 3.92. The topological polar surface area (TPSA) is 89.9 Å². The summed E-state index contributed by atoms with van der Waals surface area (Å²) in [4.78, 5) is 37.6. The minimum Gasteiger partial charge on any atom is -0.481 e. The fourth-order valence-electron chi connectivity index (χ4n) is 2.66. The predicted octanol–water partition coefficient (Wildman–Crippen LogP) is -0.134. The third-order valence-corrected chi connectivity index (χ3v) is 3.63. The van der Waals surface area contributed by atoms with Crippen molar-refractivity contribution in [2.45, 2.75) is 38.3 Å². The molecular weight excluding hydrogens is 250 g/mol. The van der Waals surface area contributed by atoms with Gasteiger partial charge in [-0.2, -0.15) is 0 Å². The van der Waals surface area contributed by atoms with E-state index in [1.54, 1.807) is 11.8 Å². The molecule has 2 heterocycles. The molecule has 2 aliphatic heterocycles. The largest absolute Gasteiger partial charge is 0.481 e. The lowest BCUT2D eigenvalue weighted by Gasteiger charge is -2.37. The van der Waals surface area contributed by atoms with E-state index < -0.39 is 12.0 Å². The van der Waals surface area contributed by atoms with E-state index in [0.29, 0.717) is 26.1 Å². The van der Waals surface area contributed by atoms with E-state index in [4.69, 9.17) is 5.11 Å². The molecule has 2 saturated heterocycles. The van der Waals surface area contributed by atoms with Crippen molar-refractivity contribution in [2.75, 3.05) is 19.6 Å². The molecule has 7 nitrogen and oxygen atoms in total. The molecule has 2 atom stereocenters. The molecule has 0 aromatic heterocycles. The van der Waals surface area contributed by atoms with Gasteiger partial charge in [-0.3, -0.25) is 9.59 Å². The maximum Gasteiger partial charge on any atom is 0.317 e. The van der Waals surface area contributed by atoms with Gasteiger partial charge in [0.15, 0.2) is 0 Å². The molecule has 0 spiro atoms. The van der Waals surface area contributed by atoms with Crippen LogP contribution in [0.4, 0.5) is 4.79 Å². The monoisotopic (exact) mass is 269 g/mol.